The number of nitrogens with zero attached hydrogens (tertiary/aromatic N) is 2. The number of nitro groups is 1. The fraction of sp³-hybridized carbons (Fsp3) is 0.417. The van der Waals surface area contributed by atoms with Gasteiger partial charge in [-0.2, -0.15) is 0 Å². The number of sulfone groups is 1. The van der Waals surface area contributed by atoms with Crippen molar-refractivity contribution in [2.75, 3.05) is 36.5 Å². The average Bonchev–Trinajstić information content (AvgIpc) is 2.43. The number of nitrogens with one attached hydrogen (secondary N) is 1. The maximum atomic E-state index is 12.0. The summed E-state index contributed by atoms with van der Waals surface area (Å²) in [7, 11) is -2.97. The van der Waals surface area contributed by atoms with Crippen LogP contribution in [0.4, 0.5) is 11.4 Å². The SMILES string of the molecule is O=C(CN1CCS(=O)(=O)CC1)Nc1ccc([N+](=O)[O-])cc1Br. The predicted molar refractivity (Wildman–Crippen MR) is 84.5 cm³/mol. The molecule has 1 saturated heterocycles. The Balaban J connectivity index is 1.94. The monoisotopic (exact) mass is 391 g/mol. The Bertz CT molecular complexity index is 693. The minimum Gasteiger partial charge on any atom is -0.324 e. The number of non-ortho nitro benzene ring substituents is 1. The van der Waals surface area contributed by atoms with E-state index in [0.717, 1.165) is 0 Å². The normalized spacial score (nSPS) is 17.9. The van der Waals surface area contributed by atoms with Crippen molar-refractivity contribution in [2.45, 2.75) is 0 Å². The molecule has 0 radical (unpaired) electrons. The molecule has 1 aliphatic heterocycles. The van der Waals surface area contributed by atoms with Crippen LogP contribution in [0.3, 0.4) is 0 Å². The molecule has 0 aliphatic carbocycles. The summed E-state index contributed by atoms with van der Waals surface area (Å²) < 4.78 is 23.0. The van der Waals surface area contributed by atoms with E-state index >= 15 is 0 Å². The summed E-state index contributed by atoms with van der Waals surface area (Å²) in [5.74, 6) is -0.183. The van der Waals surface area contributed by atoms with Crippen LogP contribution in [0.25, 0.3) is 0 Å². The number of nitro benzene ring substituents is 1. The molecular weight excluding hydrogens is 378 g/mol. The van der Waals surface area contributed by atoms with Gasteiger partial charge in [0, 0.05) is 29.7 Å². The number of hydrogen-bond acceptors (Lipinski definition) is 6. The van der Waals surface area contributed by atoms with Gasteiger partial charge in [0.15, 0.2) is 9.84 Å². The predicted octanol–water partition coefficient (Wildman–Crippen LogP) is 1.03. The van der Waals surface area contributed by atoms with Gasteiger partial charge < -0.3 is 5.32 Å². The van der Waals surface area contributed by atoms with Crippen LogP contribution in [0.1, 0.15) is 0 Å². The number of hydrogen-bond donors (Lipinski definition) is 1. The molecule has 8 nitrogen and oxygen atoms in total. The highest BCUT2D eigenvalue weighted by Crippen LogP contribution is 2.27. The summed E-state index contributed by atoms with van der Waals surface area (Å²) in [6.07, 6.45) is 0. The molecule has 1 aromatic rings. The van der Waals surface area contributed by atoms with Gasteiger partial charge in [-0.05, 0) is 22.0 Å². The number of benzene rings is 1. The highest BCUT2D eigenvalue weighted by atomic mass is 79.9. The summed E-state index contributed by atoms with van der Waals surface area (Å²) in [6.45, 7) is 0.743. The van der Waals surface area contributed by atoms with Gasteiger partial charge in [0.1, 0.15) is 0 Å². The first-order chi connectivity index (χ1) is 10.3. The van der Waals surface area contributed by atoms with E-state index in [0.29, 0.717) is 23.2 Å². The van der Waals surface area contributed by atoms with Crippen molar-refractivity contribution in [3.63, 3.8) is 0 Å². The van der Waals surface area contributed by atoms with E-state index < -0.39 is 14.8 Å². The Labute approximate surface area is 135 Å². The van der Waals surface area contributed by atoms with E-state index in [1.807, 2.05) is 0 Å². The molecule has 2 rings (SSSR count). The zero-order valence-electron chi connectivity index (χ0n) is 11.5. The summed E-state index contributed by atoms with van der Waals surface area (Å²) in [4.78, 5) is 23.8. The van der Waals surface area contributed by atoms with Crippen LogP contribution in [-0.4, -0.2) is 55.3 Å². The van der Waals surface area contributed by atoms with E-state index in [1.165, 1.54) is 18.2 Å². The van der Waals surface area contributed by atoms with Crippen LogP contribution in [-0.2, 0) is 14.6 Å². The fourth-order valence-electron chi connectivity index (χ4n) is 2.02. The maximum absolute atomic E-state index is 12.0. The topological polar surface area (TPSA) is 110 Å². The molecule has 0 unspecified atom stereocenters. The van der Waals surface area contributed by atoms with Gasteiger partial charge >= 0.3 is 0 Å². The smallest absolute Gasteiger partial charge is 0.270 e. The van der Waals surface area contributed by atoms with E-state index in [4.69, 9.17) is 0 Å². The Hall–Kier alpha value is -1.52. The van der Waals surface area contributed by atoms with E-state index in [9.17, 15) is 23.3 Å². The molecule has 1 amide bonds. The van der Waals surface area contributed by atoms with Gasteiger partial charge in [-0.1, -0.05) is 0 Å². The second-order valence-corrected chi connectivity index (χ2v) is 8.06. The van der Waals surface area contributed by atoms with Gasteiger partial charge in [0.05, 0.1) is 28.7 Å². The molecule has 0 bridgehead atoms. The first-order valence-corrected chi connectivity index (χ1v) is 9.05. The van der Waals surface area contributed by atoms with Crippen LogP contribution in [0.15, 0.2) is 22.7 Å². The molecule has 10 heteroatoms. The highest BCUT2D eigenvalue weighted by Gasteiger charge is 2.23. The molecule has 1 heterocycles. The Morgan fingerprint density at radius 1 is 1.36 bits per heavy atom. The van der Waals surface area contributed by atoms with Gasteiger partial charge in [-0.3, -0.25) is 19.8 Å². The molecule has 1 N–H and O–H groups in total. The Morgan fingerprint density at radius 2 is 2.00 bits per heavy atom. The van der Waals surface area contributed by atoms with E-state index in [2.05, 4.69) is 21.2 Å². The van der Waals surface area contributed by atoms with Crippen LogP contribution in [0, 0.1) is 10.1 Å². The van der Waals surface area contributed by atoms with Gasteiger partial charge in [0.25, 0.3) is 5.69 Å². The van der Waals surface area contributed by atoms with E-state index in [-0.39, 0.29) is 29.6 Å². The standard InChI is InChI=1S/C12H14BrN3O5S/c13-10-7-9(16(18)19)1-2-11(10)14-12(17)8-15-3-5-22(20,21)6-4-15/h1-2,7H,3-6,8H2,(H,14,17). The maximum Gasteiger partial charge on any atom is 0.270 e. The van der Waals surface area contributed by atoms with Gasteiger partial charge in [-0.15, -0.1) is 0 Å². The van der Waals surface area contributed by atoms with Crippen LogP contribution in [0.5, 0.6) is 0 Å². The van der Waals surface area contributed by atoms with Gasteiger partial charge in [0.2, 0.25) is 5.91 Å². The number of amides is 1. The zero-order valence-corrected chi connectivity index (χ0v) is 13.9. The second kappa shape index (κ2) is 6.71. The second-order valence-electron chi connectivity index (χ2n) is 4.90. The molecule has 1 aromatic carbocycles. The molecular formula is C12H14BrN3O5S. The highest BCUT2D eigenvalue weighted by molar-refractivity contribution is 9.10. The average molecular weight is 392 g/mol. The zero-order chi connectivity index (χ0) is 16.3. The lowest BCUT2D eigenvalue weighted by atomic mass is 10.3. The number of halogens is 1. The summed E-state index contributed by atoms with van der Waals surface area (Å²) in [6, 6.07) is 4.05. The number of carbonyl (C=O) groups is 1. The van der Waals surface area contributed by atoms with Crippen molar-refractivity contribution in [2.24, 2.45) is 0 Å². The fourth-order valence-corrected chi connectivity index (χ4v) is 3.76. The molecule has 0 atom stereocenters. The first kappa shape index (κ1) is 16.8. The van der Waals surface area contributed by atoms with Crippen LogP contribution < -0.4 is 5.32 Å². The largest absolute Gasteiger partial charge is 0.324 e. The molecule has 1 fully saturated rings. The molecule has 0 spiro atoms. The Morgan fingerprint density at radius 3 is 2.55 bits per heavy atom. The van der Waals surface area contributed by atoms with Crippen molar-refractivity contribution >= 4 is 43.0 Å². The van der Waals surface area contributed by atoms with E-state index in [1.54, 1.807) is 4.90 Å². The third kappa shape index (κ3) is 4.49. The minimum absolute atomic E-state index is 0.0570. The summed E-state index contributed by atoms with van der Waals surface area (Å²) in [5, 5.41) is 13.3. The van der Waals surface area contributed by atoms with Crippen LogP contribution >= 0.6 is 15.9 Å². The lowest BCUT2D eigenvalue weighted by molar-refractivity contribution is -0.384. The summed E-state index contributed by atoms with van der Waals surface area (Å²) in [5.41, 5.74) is 0.353. The lowest BCUT2D eigenvalue weighted by Crippen LogP contribution is -2.43. The minimum atomic E-state index is -2.97. The number of anilines is 1. The molecule has 0 aromatic heterocycles. The lowest BCUT2D eigenvalue weighted by Gasteiger charge is -2.25. The van der Waals surface area contributed by atoms with Crippen molar-refractivity contribution in [3.05, 3.63) is 32.8 Å². The molecule has 1 aliphatic rings. The van der Waals surface area contributed by atoms with Crippen molar-refractivity contribution in [1.29, 1.82) is 0 Å². The van der Waals surface area contributed by atoms with Crippen molar-refractivity contribution in [1.82, 2.24) is 4.90 Å². The van der Waals surface area contributed by atoms with Gasteiger partial charge in [-0.25, -0.2) is 8.42 Å². The third-order valence-corrected chi connectivity index (χ3v) is 5.51. The van der Waals surface area contributed by atoms with Crippen LogP contribution in [0.2, 0.25) is 0 Å². The molecule has 0 saturated carbocycles. The first-order valence-electron chi connectivity index (χ1n) is 6.43. The molecule has 22 heavy (non-hydrogen) atoms. The quantitative estimate of drug-likeness (QED) is 0.606. The molecule has 120 valence electrons. The number of carbonyl (C=O) groups excluding carboxylic acids is 1. The third-order valence-electron chi connectivity index (χ3n) is 3.24. The van der Waals surface area contributed by atoms with Crippen molar-refractivity contribution < 1.29 is 18.1 Å². The number of rotatable bonds is 4. The van der Waals surface area contributed by atoms with Crippen molar-refractivity contribution in [3.8, 4) is 0 Å². The Kier molecular flexibility index (Phi) is 5.14. The summed E-state index contributed by atoms with van der Waals surface area (Å²) >= 11 is 3.17.